The first kappa shape index (κ1) is 15.0. The van der Waals surface area contributed by atoms with Crippen LogP contribution in [0.3, 0.4) is 0 Å². The summed E-state index contributed by atoms with van der Waals surface area (Å²) in [6.07, 6.45) is 0.959. The van der Waals surface area contributed by atoms with Gasteiger partial charge in [-0.15, -0.1) is 0 Å². The Labute approximate surface area is 144 Å². The van der Waals surface area contributed by atoms with Gasteiger partial charge in [-0.1, -0.05) is 29.8 Å². The van der Waals surface area contributed by atoms with E-state index in [1.54, 1.807) is 0 Å². The van der Waals surface area contributed by atoms with E-state index in [9.17, 15) is 0 Å². The van der Waals surface area contributed by atoms with Crippen LogP contribution in [0.4, 0.5) is 5.69 Å². The molecule has 0 unspecified atom stereocenters. The first-order valence-electron chi connectivity index (χ1n) is 6.93. The number of ether oxygens (including phenoxy) is 1. The molecule has 2 aromatic rings. The van der Waals surface area contributed by atoms with Crippen LogP contribution in [0.25, 0.3) is 0 Å². The van der Waals surface area contributed by atoms with Crippen molar-refractivity contribution < 1.29 is 4.74 Å². The van der Waals surface area contributed by atoms with E-state index in [-0.39, 0.29) is 5.60 Å². The zero-order chi connectivity index (χ0) is 15.0. The van der Waals surface area contributed by atoms with Crippen LogP contribution >= 0.6 is 34.2 Å². The Morgan fingerprint density at radius 1 is 1.29 bits per heavy atom. The quantitative estimate of drug-likeness (QED) is 0.692. The van der Waals surface area contributed by atoms with Gasteiger partial charge in [0.15, 0.2) is 0 Å². The molecular formula is C17H17ClINO. The van der Waals surface area contributed by atoms with Crippen molar-refractivity contribution in [2.45, 2.75) is 32.4 Å². The van der Waals surface area contributed by atoms with Crippen molar-refractivity contribution >= 4 is 39.9 Å². The maximum atomic E-state index is 6.26. The number of rotatable bonds is 3. The Balaban J connectivity index is 1.80. The summed E-state index contributed by atoms with van der Waals surface area (Å²) in [5, 5.41) is 4.14. The average Bonchev–Trinajstić information content (AvgIpc) is 2.72. The van der Waals surface area contributed by atoms with Gasteiger partial charge in [-0.25, -0.2) is 0 Å². The van der Waals surface area contributed by atoms with E-state index in [1.807, 2.05) is 18.2 Å². The molecule has 1 N–H and O–H groups in total. The Bertz CT molecular complexity index is 684. The molecule has 0 bridgehead atoms. The zero-order valence-electron chi connectivity index (χ0n) is 12.0. The van der Waals surface area contributed by atoms with Gasteiger partial charge in [0.2, 0.25) is 0 Å². The second kappa shape index (κ2) is 5.69. The van der Waals surface area contributed by atoms with Gasteiger partial charge in [0.25, 0.3) is 0 Å². The maximum absolute atomic E-state index is 6.26. The van der Waals surface area contributed by atoms with Gasteiger partial charge in [0.05, 0.1) is 10.7 Å². The molecule has 0 aromatic heterocycles. The second-order valence-corrected chi connectivity index (χ2v) is 7.57. The lowest BCUT2D eigenvalue weighted by atomic mass is 10.0. The summed E-state index contributed by atoms with van der Waals surface area (Å²) in [7, 11) is 0. The number of halogens is 2. The van der Waals surface area contributed by atoms with Gasteiger partial charge in [0.1, 0.15) is 11.4 Å². The van der Waals surface area contributed by atoms with Crippen molar-refractivity contribution in [3.63, 3.8) is 0 Å². The monoisotopic (exact) mass is 413 g/mol. The van der Waals surface area contributed by atoms with Crippen LogP contribution in [0.5, 0.6) is 5.75 Å². The van der Waals surface area contributed by atoms with Crippen molar-refractivity contribution in [1.29, 1.82) is 0 Å². The third kappa shape index (κ3) is 3.29. The van der Waals surface area contributed by atoms with Crippen molar-refractivity contribution in [3.05, 3.63) is 56.1 Å². The first-order valence-corrected chi connectivity index (χ1v) is 8.39. The fourth-order valence-corrected chi connectivity index (χ4v) is 3.56. The Morgan fingerprint density at radius 2 is 2.10 bits per heavy atom. The van der Waals surface area contributed by atoms with E-state index in [4.69, 9.17) is 16.3 Å². The number of nitrogens with one attached hydrogen (secondary N) is 1. The fraction of sp³-hybridized carbons (Fsp3) is 0.294. The molecule has 21 heavy (non-hydrogen) atoms. The van der Waals surface area contributed by atoms with E-state index in [2.05, 4.69) is 60.0 Å². The van der Waals surface area contributed by atoms with Gasteiger partial charge >= 0.3 is 0 Å². The van der Waals surface area contributed by atoms with Crippen LogP contribution in [0.15, 0.2) is 36.4 Å². The van der Waals surface area contributed by atoms with Crippen molar-refractivity contribution in [2.75, 3.05) is 5.32 Å². The van der Waals surface area contributed by atoms with Crippen LogP contribution in [-0.4, -0.2) is 5.60 Å². The molecule has 0 radical (unpaired) electrons. The van der Waals surface area contributed by atoms with Crippen LogP contribution < -0.4 is 10.1 Å². The SMILES string of the molecule is CC1(C)Cc2cccc(CNc3ccc(I)cc3Cl)c2O1. The number of hydrogen-bond acceptors (Lipinski definition) is 2. The molecular weight excluding hydrogens is 397 g/mol. The molecule has 110 valence electrons. The van der Waals surface area contributed by atoms with E-state index in [0.29, 0.717) is 6.54 Å². The van der Waals surface area contributed by atoms with Crippen LogP contribution in [0.2, 0.25) is 5.02 Å². The summed E-state index contributed by atoms with van der Waals surface area (Å²) < 4.78 is 7.22. The van der Waals surface area contributed by atoms with Gasteiger partial charge in [0, 0.05) is 22.1 Å². The Kier molecular flexibility index (Phi) is 4.06. The topological polar surface area (TPSA) is 21.3 Å². The minimum Gasteiger partial charge on any atom is -0.487 e. The molecule has 1 aliphatic heterocycles. The molecule has 4 heteroatoms. The lowest BCUT2D eigenvalue weighted by Gasteiger charge is -2.18. The smallest absolute Gasteiger partial charge is 0.128 e. The van der Waals surface area contributed by atoms with Crippen LogP contribution in [-0.2, 0) is 13.0 Å². The molecule has 0 saturated heterocycles. The van der Waals surface area contributed by atoms with Gasteiger partial charge in [-0.05, 0) is 60.2 Å². The largest absolute Gasteiger partial charge is 0.487 e. The lowest BCUT2D eigenvalue weighted by molar-refractivity contribution is 0.137. The van der Waals surface area contributed by atoms with Crippen LogP contribution in [0.1, 0.15) is 25.0 Å². The van der Waals surface area contributed by atoms with E-state index < -0.39 is 0 Å². The van der Waals surface area contributed by atoms with Gasteiger partial charge in [-0.2, -0.15) is 0 Å². The number of benzene rings is 2. The summed E-state index contributed by atoms with van der Waals surface area (Å²) in [4.78, 5) is 0. The summed E-state index contributed by atoms with van der Waals surface area (Å²) in [6.45, 7) is 4.96. The average molecular weight is 414 g/mol. The first-order chi connectivity index (χ1) is 9.94. The third-order valence-electron chi connectivity index (χ3n) is 3.57. The van der Waals surface area contributed by atoms with Gasteiger partial charge in [-0.3, -0.25) is 0 Å². The Hall–Kier alpha value is -0.940. The fourth-order valence-electron chi connectivity index (χ4n) is 2.64. The maximum Gasteiger partial charge on any atom is 0.128 e. The minimum atomic E-state index is -0.112. The number of hydrogen-bond donors (Lipinski definition) is 1. The summed E-state index contributed by atoms with van der Waals surface area (Å²) in [5.41, 5.74) is 3.30. The van der Waals surface area contributed by atoms with E-state index in [1.165, 1.54) is 11.1 Å². The highest BCUT2D eigenvalue weighted by molar-refractivity contribution is 14.1. The highest BCUT2D eigenvalue weighted by Crippen LogP contribution is 2.38. The van der Waals surface area contributed by atoms with Crippen molar-refractivity contribution in [1.82, 2.24) is 0 Å². The predicted octanol–water partition coefficient (Wildman–Crippen LogP) is 5.27. The molecule has 0 atom stereocenters. The molecule has 2 nitrogen and oxygen atoms in total. The molecule has 3 rings (SSSR count). The number of fused-ring (bicyclic) bond motifs is 1. The highest BCUT2D eigenvalue weighted by atomic mass is 127. The molecule has 1 aliphatic rings. The molecule has 0 fully saturated rings. The normalized spacial score (nSPS) is 15.4. The predicted molar refractivity (Wildman–Crippen MR) is 96.3 cm³/mol. The van der Waals surface area contributed by atoms with Crippen LogP contribution in [0, 0.1) is 3.57 Å². The molecule has 0 spiro atoms. The highest BCUT2D eigenvalue weighted by Gasteiger charge is 2.31. The molecule has 0 aliphatic carbocycles. The molecule has 2 aromatic carbocycles. The number of para-hydroxylation sites is 1. The summed E-state index contributed by atoms with van der Waals surface area (Å²) >= 11 is 8.52. The summed E-state index contributed by atoms with van der Waals surface area (Å²) in [5.74, 6) is 1.02. The minimum absolute atomic E-state index is 0.112. The Morgan fingerprint density at radius 3 is 2.86 bits per heavy atom. The molecule has 0 amide bonds. The molecule has 1 heterocycles. The zero-order valence-corrected chi connectivity index (χ0v) is 15.0. The van der Waals surface area contributed by atoms with E-state index >= 15 is 0 Å². The van der Waals surface area contributed by atoms with Gasteiger partial charge < -0.3 is 10.1 Å². The molecule has 0 saturated carbocycles. The van der Waals surface area contributed by atoms with Crippen molar-refractivity contribution in [2.24, 2.45) is 0 Å². The lowest BCUT2D eigenvalue weighted by Crippen LogP contribution is -2.25. The standard InChI is InChI=1S/C17H17ClINO/c1-17(2)9-11-4-3-5-12(16(11)21-17)10-20-15-7-6-13(19)8-14(15)18/h3-8,20H,9-10H2,1-2H3. The second-order valence-electron chi connectivity index (χ2n) is 5.92. The van der Waals surface area contributed by atoms with E-state index in [0.717, 1.165) is 26.5 Å². The third-order valence-corrected chi connectivity index (χ3v) is 4.56. The number of anilines is 1. The van der Waals surface area contributed by atoms with Crippen molar-refractivity contribution in [3.8, 4) is 5.75 Å². The summed E-state index contributed by atoms with van der Waals surface area (Å²) in [6, 6.07) is 12.4.